The van der Waals surface area contributed by atoms with Gasteiger partial charge in [0.25, 0.3) is 0 Å². The summed E-state index contributed by atoms with van der Waals surface area (Å²) in [6, 6.07) is 0. The van der Waals surface area contributed by atoms with E-state index in [9.17, 15) is 8.42 Å². The Bertz CT molecular complexity index is 274. The van der Waals surface area contributed by atoms with Crippen LogP contribution in [0.4, 0.5) is 0 Å². The van der Waals surface area contributed by atoms with Crippen molar-refractivity contribution in [3.63, 3.8) is 0 Å². The second-order valence-corrected chi connectivity index (χ2v) is 3.62. The number of aromatic amines is 1. The van der Waals surface area contributed by atoms with Crippen molar-refractivity contribution in [3.8, 4) is 0 Å². The zero-order valence-electron chi connectivity index (χ0n) is 4.75. The van der Waals surface area contributed by atoms with Crippen molar-refractivity contribution in [3.05, 3.63) is 12.4 Å². The molecule has 0 aromatic carbocycles. The molecule has 1 N–H and O–H groups in total. The summed E-state index contributed by atoms with van der Waals surface area (Å²) in [7, 11) is -3.11. The minimum atomic E-state index is -3.11. The van der Waals surface area contributed by atoms with Crippen LogP contribution in [0.2, 0.25) is 0 Å². The van der Waals surface area contributed by atoms with Gasteiger partial charge in [-0.15, -0.1) is 0 Å². The van der Waals surface area contributed by atoms with E-state index < -0.39 is 9.84 Å². The summed E-state index contributed by atoms with van der Waals surface area (Å²) in [5.74, 6) is 0. The Labute approximate surface area is 52.8 Å². The number of aromatic nitrogens is 2. The van der Waals surface area contributed by atoms with E-state index in [1.165, 1.54) is 6.20 Å². The van der Waals surface area contributed by atoms with Gasteiger partial charge in [-0.25, -0.2) is 8.42 Å². The molecule has 9 heavy (non-hydrogen) atoms. The number of H-pyrrole nitrogens is 1. The van der Waals surface area contributed by atoms with E-state index in [4.69, 9.17) is 0 Å². The fraction of sp³-hybridized carbons (Fsp3) is 0.250. The van der Waals surface area contributed by atoms with Gasteiger partial charge < -0.3 is 0 Å². The lowest BCUT2D eigenvalue weighted by atomic mass is 10.7. The molecule has 0 amide bonds. The Kier molecular flexibility index (Phi) is 1.28. The van der Waals surface area contributed by atoms with Gasteiger partial charge in [0.1, 0.15) is 11.1 Å². The second kappa shape index (κ2) is 1.84. The summed E-state index contributed by atoms with van der Waals surface area (Å²) in [4.78, 5) is 0.0995. The van der Waals surface area contributed by atoms with Gasteiger partial charge in [0.05, 0.1) is 0 Å². The molecule has 0 fully saturated rings. The summed E-state index contributed by atoms with van der Waals surface area (Å²) in [5, 5.41) is 5.71. The molecule has 0 saturated heterocycles. The Balaban J connectivity index is 3.20. The van der Waals surface area contributed by atoms with Crippen LogP contribution in [-0.2, 0) is 9.84 Å². The quantitative estimate of drug-likeness (QED) is 0.585. The van der Waals surface area contributed by atoms with Crippen LogP contribution in [0, 0.1) is 6.20 Å². The van der Waals surface area contributed by atoms with Crippen molar-refractivity contribution in [2.45, 2.75) is 4.90 Å². The first-order chi connectivity index (χ1) is 4.11. The van der Waals surface area contributed by atoms with E-state index in [1.54, 1.807) is 0 Å². The van der Waals surface area contributed by atoms with Crippen LogP contribution < -0.4 is 0 Å². The van der Waals surface area contributed by atoms with Crippen molar-refractivity contribution in [2.24, 2.45) is 0 Å². The van der Waals surface area contributed by atoms with Crippen LogP contribution in [0.5, 0.6) is 0 Å². The minimum Gasteiger partial charge on any atom is -0.284 e. The number of sulfone groups is 1. The Morgan fingerprint density at radius 2 is 2.44 bits per heavy atom. The van der Waals surface area contributed by atoms with Gasteiger partial charge in [0.2, 0.25) is 0 Å². The predicted octanol–water partition coefficient (Wildman–Crippen LogP) is -0.387. The molecule has 49 valence electrons. The molecule has 0 saturated carbocycles. The molecule has 0 bridgehead atoms. The molecule has 1 radical (unpaired) electrons. The lowest BCUT2D eigenvalue weighted by Crippen LogP contribution is -1.93. The molecule has 0 atom stereocenters. The molecule has 0 aliphatic rings. The van der Waals surface area contributed by atoms with Crippen molar-refractivity contribution < 1.29 is 8.42 Å². The highest BCUT2D eigenvalue weighted by Crippen LogP contribution is 2.01. The van der Waals surface area contributed by atoms with Crippen LogP contribution in [-0.4, -0.2) is 24.9 Å². The first-order valence-electron chi connectivity index (χ1n) is 2.22. The van der Waals surface area contributed by atoms with Crippen molar-refractivity contribution >= 4 is 9.84 Å². The molecule has 1 rings (SSSR count). The normalized spacial score (nSPS) is 11.7. The highest BCUT2D eigenvalue weighted by molar-refractivity contribution is 7.90. The third kappa shape index (κ3) is 1.29. The summed E-state index contributed by atoms with van der Waals surface area (Å²) >= 11 is 0. The predicted molar refractivity (Wildman–Crippen MR) is 30.5 cm³/mol. The maximum absolute atomic E-state index is 10.6. The molecule has 0 spiro atoms. The smallest absolute Gasteiger partial charge is 0.179 e. The molecule has 1 aromatic heterocycles. The van der Waals surface area contributed by atoms with Crippen LogP contribution >= 0.6 is 0 Å². The minimum absolute atomic E-state index is 0.0995. The zero-order chi connectivity index (χ0) is 6.91. The Morgan fingerprint density at radius 1 is 1.78 bits per heavy atom. The first-order valence-corrected chi connectivity index (χ1v) is 4.11. The van der Waals surface area contributed by atoms with E-state index in [0.29, 0.717) is 0 Å². The average Bonchev–Trinajstić information content (AvgIpc) is 2.08. The van der Waals surface area contributed by atoms with Gasteiger partial charge in [0.15, 0.2) is 9.84 Å². The molecule has 0 unspecified atom stereocenters. The van der Waals surface area contributed by atoms with E-state index in [1.807, 2.05) is 0 Å². The van der Waals surface area contributed by atoms with Gasteiger partial charge in [0, 0.05) is 12.5 Å². The summed E-state index contributed by atoms with van der Waals surface area (Å²) in [6.45, 7) is 0. The molecule has 0 aliphatic carbocycles. The van der Waals surface area contributed by atoms with Crippen molar-refractivity contribution in [1.82, 2.24) is 10.2 Å². The molecule has 1 heterocycles. The largest absolute Gasteiger partial charge is 0.284 e. The van der Waals surface area contributed by atoms with E-state index in [2.05, 4.69) is 16.4 Å². The van der Waals surface area contributed by atoms with E-state index in [-0.39, 0.29) is 4.90 Å². The lowest BCUT2D eigenvalue weighted by molar-refractivity contribution is 0.602. The summed E-state index contributed by atoms with van der Waals surface area (Å²) < 4.78 is 21.2. The standard InChI is InChI=1S/C4H5N2O2S/c1-9(7,8)4-2-5-6-3-4/h2H,1H3,(H,5,6). The number of nitrogens with one attached hydrogen (secondary N) is 1. The van der Waals surface area contributed by atoms with E-state index in [0.717, 1.165) is 6.26 Å². The van der Waals surface area contributed by atoms with Crippen LogP contribution in [0.3, 0.4) is 0 Å². The van der Waals surface area contributed by atoms with Crippen LogP contribution in [0.1, 0.15) is 0 Å². The topological polar surface area (TPSA) is 62.8 Å². The maximum atomic E-state index is 10.6. The SMILES string of the molecule is CS(=O)(=O)c1[c]n[nH]c1. The second-order valence-electron chi connectivity index (χ2n) is 1.63. The van der Waals surface area contributed by atoms with Gasteiger partial charge in [-0.3, -0.25) is 5.10 Å². The molecule has 5 heteroatoms. The lowest BCUT2D eigenvalue weighted by Gasteiger charge is -1.84. The van der Waals surface area contributed by atoms with E-state index >= 15 is 0 Å². The molecular weight excluding hydrogens is 140 g/mol. The highest BCUT2D eigenvalue weighted by Gasteiger charge is 2.06. The number of hydrogen-bond donors (Lipinski definition) is 1. The molecule has 1 aromatic rings. The fourth-order valence-electron chi connectivity index (χ4n) is 0.400. The van der Waals surface area contributed by atoms with Gasteiger partial charge >= 0.3 is 0 Å². The summed E-state index contributed by atoms with van der Waals surface area (Å²) in [6.07, 6.45) is 4.68. The van der Waals surface area contributed by atoms with Crippen molar-refractivity contribution in [2.75, 3.05) is 6.26 Å². The van der Waals surface area contributed by atoms with Gasteiger partial charge in [-0.1, -0.05) is 0 Å². The Morgan fingerprint density at radius 3 is 2.67 bits per heavy atom. The van der Waals surface area contributed by atoms with Crippen LogP contribution in [0.15, 0.2) is 11.1 Å². The third-order valence-electron chi connectivity index (χ3n) is 0.826. The molecule has 0 aliphatic heterocycles. The van der Waals surface area contributed by atoms with Crippen LogP contribution in [0.25, 0.3) is 0 Å². The average molecular weight is 145 g/mol. The van der Waals surface area contributed by atoms with Gasteiger partial charge in [-0.2, -0.15) is 5.10 Å². The third-order valence-corrected chi connectivity index (χ3v) is 1.83. The van der Waals surface area contributed by atoms with Crippen molar-refractivity contribution in [1.29, 1.82) is 0 Å². The van der Waals surface area contributed by atoms with Gasteiger partial charge in [-0.05, 0) is 0 Å². The number of hydrogen-bond acceptors (Lipinski definition) is 3. The molecule has 4 nitrogen and oxygen atoms in total. The number of nitrogens with zero attached hydrogens (tertiary/aromatic N) is 1. The first kappa shape index (κ1) is 6.28. The Hall–Kier alpha value is -0.840. The molecular formula is C4H5N2O2S. The summed E-state index contributed by atoms with van der Waals surface area (Å²) in [5.41, 5.74) is 0. The highest BCUT2D eigenvalue weighted by atomic mass is 32.2. The zero-order valence-corrected chi connectivity index (χ0v) is 5.57. The number of rotatable bonds is 1. The maximum Gasteiger partial charge on any atom is 0.179 e. The monoisotopic (exact) mass is 145 g/mol. The fourth-order valence-corrected chi connectivity index (χ4v) is 0.879.